The van der Waals surface area contributed by atoms with E-state index >= 15 is 0 Å². The van der Waals surface area contributed by atoms with Gasteiger partial charge in [0.25, 0.3) is 5.91 Å². The predicted octanol–water partition coefficient (Wildman–Crippen LogP) is 3.22. The second-order valence-corrected chi connectivity index (χ2v) is 5.56. The summed E-state index contributed by atoms with van der Waals surface area (Å²) in [5.74, 6) is -0.675. The summed E-state index contributed by atoms with van der Waals surface area (Å²) >= 11 is 0. The fraction of sp³-hybridized carbons (Fsp3) is 0.0952. The molecule has 1 amide bonds. The zero-order valence-electron chi connectivity index (χ0n) is 14.1. The summed E-state index contributed by atoms with van der Waals surface area (Å²) in [5.41, 5.74) is 1.47. The van der Waals surface area contributed by atoms with Crippen LogP contribution >= 0.6 is 0 Å². The molecule has 0 aliphatic rings. The first-order valence-corrected chi connectivity index (χ1v) is 8.25. The maximum atomic E-state index is 11.8. The van der Waals surface area contributed by atoms with Crippen molar-refractivity contribution in [3.63, 3.8) is 0 Å². The second-order valence-electron chi connectivity index (χ2n) is 5.56. The minimum absolute atomic E-state index is 0.107. The van der Waals surface area contributed by atoms with Gasteiger partial charge >= 0.3 is 5.97 Å². The molecule has 0 saturated carbocycles. The first-order valence-electron chi connectivity index (χ1n) is 8.25. The van der Waals surface area contributed by atoms with Crippen molar-refractivity contribution in [3.8, 4) is 0 Å². The highest BCUT2D eigenvalue weighted by Gasteiger charge is 2.04. The summed E-state index contributed by atoms with van der Waals surface area (Å²) in [7, 11) is 0. The monoisotopic (exact) mass is 346 g/mol. The number of hydrogen-bond acceptors (Lipinski definition) is 4. The Bertz CT molecular complexity index is 931. The van der Waals surface area contributed by atoms with E-state index in [-0.39, 0.29) is 19.1 Å². The average Bonchev–Trinajstić information content (AvgIpc) is 2.70. The predicted molar refractivity (Wildman–Crippen MR) is 101 cm³/mol. The molecule has 0 spiro atoms. The zero-order chi connectivity index (χ0) is 18.2. The number of rotatable bonds is 6. The lowest BCUT2D eigenvalue weighted by atomic mass is 10.0. The van der Waals surface area contributed by atoms with Crippen molar-refractivity contribution >= 4 is 28.7 Å². The van der Waals surface area contributed by atoms with E-state index in [1.807, 2.05) is 42.5 Å². The normalized spacial score (nSPS) is 10.8. The summed E-state index contributed by atoms with van der Waals surface area (Å²) in [4.78, 5) is 27.5. The fourth-order valence-electron chi connectivity index (χ4n) is 2.52. The molecular weight excluding hydrogens is 328 g/mol. The topological polar surface area (TPSA) is 68.3 Å². The molecule has 0 fully saturated rings. The van der Waals surface area contributed by atoms with Gasteiger partial charge in [-0.1, -0.05) is 42.5 Å². The second kappa shape index (κ2) is 8.58. The summed E-state index contributed by atoms with van der Waals surface area (Å²) < 4.78 is 5.11. The van der Waals surface area contributed by atoms with Crippen molar-refractivity contribution in [2.75, 3.05) is 13.2 Å². The van der Waals surface area contributed by atoms with Gasteiger partial charge in [-0.05, 0) is 34.5 Å². The molecule has 1 heterocycles. The highest BCUT2D eigenvalue weighted by atomic mass is 16.5. The Hall–Kier alpha value is -3.47. The third-order valence-corrected chi connectivity index (χ3v) is 3.80. The van der Waals surface area contributed by atoms with Gasteiger partial charge < -0.3 is 10.1 Å². The molecule has 3 aromatic rings. The largest absolute Gasteiger partial charge is 0.461 e. The van der Waals surface area contributed by atoms with Crippen molar-refractivity contribution in [3.05, 3.63) is 84.2 Å². The number of esters is 1. The van der Waals surface area contributed by atoms with Crippen molar-refractivity contribution in [1.29, 1.82) is 0 Å². The van der Waals surface area contributed by atoms with E-state index < -0.39 is 5.97 Å². The minimum atomic E-state index is -0.448. The number of carbonyl (C=O) groups excluding carboxylic acids is 2. The Morgan fingerprint density at radius 1 is 1.00 bits per heavy atom. The summed E-state index contributed by atoms with van der Waals surface area (Å²) in [5, 5.41) is 4.87. The van der Waals surface area contributed by atoms with Crippen LogP contribution in [-0.2, 0) is 9.53 Å². The molecule has 0 saturated heterocycles. The number of fused-ring (bicyclic) bond motifs is 1. The van der Waals surface area contributed by atoms with Crippen LogP contribution in [0.1, 0.15) is 15.9 Å². The van der Waals surface area contributed by atoms with E-state index in [4.69, 9.17) is 4.74 Å². The zero-order valence-corrected chi connectivity index (χ0v) is 14.1. The number of ether oxygens (including phenoxy) is 1. The molecule has 26 heavy (non-hydrogen) atoms. The molecule has 5 heteroatoms. The van der Waals surface area contributed by atoms with Crippen LogP contribution in [0.25, 0.3) is 16.8 Å². The summed E-state index contributed by atoms with van der Waals surface area (Å²) in [6.45, 7) is 0.352. The SMILES string of the molecule is O=C(/C=C/c1cccc2ccccc12)OCCNC(=O)c1ccncc1. The van der Waals surface area contributed by atoms with Gasteiger partial charge in [0.15, 0.2) is 0 Å². The Labute approximate surface area is 151 Å². The van der Waals surface area contributed by atoms with Crippen molar-refractivity contribution in [1.82, 2.24) is 10.3 Å². The lowest BCUT2D eigenvalue weighted by Gasteiger charge is -2.05. The number of amides is 1. The molecule has 1 N–H and O–H groups in total. The average molecular weight is 346 g/mol. The lowest BCUT2D eigenvalue weighted by molar-refractivity contribution is -0.137. The van der Waals surface area contributed by atoms with Gasteiger partial charge in [-0.2, -0.15) is 0 Å². The third-order valence-electron chi connectivity index (χ3n) is 3.80. The van der Waals surface area contributed by atoms with Crippen molar-refractivity contribution < 1.29 is 14.3 Å². The Balaban J connectivity index is 1.48. The summed E-state index contributed by atoms with van der Waals surface area (Å²) in [6, 6.07) is 17.1. The smallest absolute Gasteiger partial charge is 0.330 e. The third kappa shape index (κ3) is 4.54. The highest BCUT2D eigenvalue weighted by molar-refractivity contribution is 5.95. The number of benzene rings is 2. The van der Waals surface area contributed by atoms with E-state index in [9.17, 15) is 9.59 Å². The number of carbonyl (C=O) groups is 2. The minimum Gasteiger partial charge on any atom is -0.461 e. The lowest BCUT2D eigenvalue weighted by Crippen LogP contribution is -2.27. The molecule has 0 aliphatic heterocycles. The Kier molecular flexibility index (Phi) is 5.72. The van der Waals surface area contributed by atoms with Crippen LogP contribution in [0.15, 0.2) is 73.1 Å². The van der Waals surface area contributed by atoms with E-state index in [0.717, 1.165) is 16.3 Å². The fourth-order valence-corrected chi connectivity index (χ4v) is 2.52. The van der Waals surface area contributed by atoms with Gasteiger partial charge in [-0.25, -0.2) is 4.79 Å². The van der Waals surface area contributed by atoms with Gasteiger partial charge in [0.1, 0.15) is 6.61 Å². The molecule has 1 aromatic heterocycles. The van der Waals surface area contributed by atoms with Gasteiger partial charge in [-0.3, -0.25) is 9.78 Å². The summed E-state index contributed by atoms with van der Waals surface area (Å²) in [6.07, 6.45) is 6.23. The number of aromatic nitrogens is 1. The molecule has 5 nitrogen and oxygen atoms in total. The molecule has 0 atom stereocenters. The van der Waals surface area contributed by atoms with E-state index in [2.05, 4.69) is 10.3 Å². The van der Waals surface area contributed by atoms with Crippen LogP contribution < -0.4 is 5.32 Å². The quantitative estimate of drug-likeness (QED) is 0.423. The van der Waals surface area contributed by atoms with Gasteiger partial charge in [0, 0.05) is 24.0 Å². The van der Waals surface area contributed by atoms with Crippen LogP contribution in [0.2, 0.25) is 0 Å². The van der Waals surface area contributed by atoms with Crippen LogP contribution in [0, 0.1) is 0 Å². The number of nitrogens with one attached hydrogen (secondary N) is 1. The van der Waals surface area contributed by atoms with Crippen LogP contribution in [0.4, 0.5) is 0 Å². The molecule has 2 aromatic carbocycles. The van der Waals surface area contributed by atoms with E-state index in [0.29, 0.717) is 5.56 Å². The molecule has 0 aliphatic carbocycles. The van der Waals surface area contributed by atoms with Crippen LogP contribution in [0.3, 0.4) is 0 Å². The molecule has 130 valence electrons. The van der Waals surface area contributed by atoms with Gasteiger partial charge in [-0.15, -0.1) is 0 Å². The first-order chi connectivity index (χ1) is 12.7. The standard InChI is InChI=1S/C21H18N2O3/c24-20(26-15-14-23-21(25)18-10-12-22-13-11-18)9-8-17-6-3-5-16-4-1-2-7-19(16)17/h1-13H,14-15H2,(H,23,25)/b9-8+. The molecular formula is C21H18N2O3. The maximum Gasteiger partial charge on any atom is 0.330 e. The molecule has 3 rings (SSSR count). The van der Waals surface area contributed by atoms with E-state index in [1.54, 1.807) is 30.6 Å². The first kappa shape index (κ1) is 17.4. The number of nitrogens with zero attached hydrogens (tertiary/aromatic N) is 1. The van der Waals surface area contributed by atoms with Crippen molar-refractivity contribution in [2.24, 2.45) is 0 Å². The number of pyridine rings is 1. The molecule has 0 bridgehead atoms. The van der Waals surface area contributed by atoms with Crippen LogP contribution in [-0.4, -0.2) is 30.0 Å². The Morgan fingerprint density at radius 3 is 2.62 bits per heavy atom. The highest BCUT2D eigenvalue weighted by Crippen LogP contribution is 2.19. The van der Waals surface area contributed by atoms with Gasteiger partial charge in [0.2, 0.25) is 0 Å². The van der Waals surface area contributed by atoms with E-state index in [1.165, 1.54) is 6.08 Å². The number of hydrogen-bond donors (Lipinski definition) is 1. The molecule has 0 radical (unpaired) electrons. The molecule has 0 unspecified atom stereocenters. The van der Waals surface area contributed by atoms with Crippen molar-refractivity contribution in [2.45, 2.75) is 0 Å². The van der Waals surface area contributed by atoms with Crippen LogP contribution in [0.5, 0.6) is 0 Å². The maximum absolute atomic E-state index is 11.8. The van der Waals surface area contributed by atoms with Gasteiger partial charge in [0.05, 0.1) is 6.54 Å². The Morgan fingerprint density at radius 2 is 1.77 bits per heavy atom.